The lowest BCUT2D eigenvalue weighted by molar-refractivity contribution is 0.0153. The second kappa shape index (κ2) is 5.75. The Kier molecular flexibility index (Phi) is 3.81. The number of aliphatic hydroxyl groups is 1. The van der Waals surface area contributed by atoms with Crippen LogP contribution in [0.15, 0.2) is 30.5 Å². The van der Waals surface area contributed by atoms with Gasteiger partial charge in [-0.15, -0.1) is 0 Å². The molecular formula is C15H21N5O. The number of hydrogen-bond acceptors (Lipinski definition) is 5. The number of benzene rings is 1. The van der Waals surface area contributed by atoms with E-state index in [0.29, 0.717) is 5.82 Å². The SMILES string of the molecule is CC(O)N1CCN(c2ccc(-c3cn[nH]c3N)cc2)CC1. The molecule has 2 heterocycles. The molecule has 4 N–H and O–H groups in total. The van der Waals surface area contributed by atoms with Crippen LogP contribution in [-0.4, -0.2) is 52.6 Å². The highest BCUT2D eigenvalue weighted by Gasteiger charge is 2.19. The van der Waals surface area contributed by atoms with Crippen LogP contribution < -0.4 is 10.6 Å². The van der Waals surface area contributed by atoms with Gasteiger partial charge in [-0.25, -0.2) is 0 Å². The number of nitrogen functional groups attached to an aromatic ring is 1. The van der Waals surface area contributed by atoms with Crippen molar-refractivity contribution in [3.05, 3.63) is 30.5 Å². The molecule has 0 radical (unpaired) electrons. The molecule has 1 fully saturated rings. The molecule has 3 rings (SSSR count). The summed E-state index contributed by atoms with van der Waals surface area (Å²) in [5.41, 5.74) is 9.03. The zero-order chi connectivity index (χ0) is 14.8. The number of nitrogens with one attached hydrogen (secondary N) is 1. The van der Waals surface area contributed by atoms with Crippen molar-refractivity contribution in [1.29, 1.82) is 0 Å². The molecule has 0 saturated carbocycles. The first-order valence-corrected chi connectivity index (χ1v) is 7.21. The maximum absolute atomic E-state index is 9.59. The van der Waals surface area contributed by atoms with Crippen molar-refractivity contribution >= 4 is 11.5 Å². The van der Waals surface area contributed by atoms with Crippen molar-refractivity contribution in [2.75, 3.05) is 36.8 Å². The Morgan fingerprint density at radius 3 is 2.38 bits per heavy atom. The van der Waals surface area contributed by atoms with Crippen molar-refractivity contribution in [3.63, 3.8) is 0 Å². The summed E-state index contributed by atoms with van der Waals surface area (Å²) >= 11 is 0. The summed E-state index contributed by atoms with van der Waals surface area (Å²) in [6, 6.07) is 8.36. The smallest absolute Gasteiger partial charge is 0.126 e. The standard InChI is InChI=1S/C15H21N5O/c1-11(21)19-6-8-20(9-7-19)13-4-2-12(3-5-13)14-10-17-18-15(14)16/h2-5,10-11,21H,6-9H2,1H3,(H3,16,17,18). The third-order valence-corrected chi connectivity index (χ3v) is 4.05. The number of anilines is 2. The lowest BCUT2D eigenvalue weighted by Crippen LogP contribution is -2.49. The molecule has 1 aliphatic heterocycles. The van der Waals surface area contributed by atoms with Crippen molar-refractivity contribution in [2.24, 2.45) is 0 Å². The highest BCUT2D eigenvalue weighted by Crippen LogP contribution is 2.26. The van der Waals surface area contributed by atoms with E-state index in [1.165, 1.54) is 5.69 Å². The highest BCUT2D eigenvalue weighted by molar-refractivity contribution is 5.74. The average molecular weight is 287 g/mol. The molecular weight excluding hydrogens is 266 g/mol. The predicted octanol–water partition coefficient (Wildman–Crippen LogP) is 1.12. The van der Waals surface area contributed by atoms with E-state index in [1.54, 1.807) is 6.20 Å². The second-order valence-electron chi connectivity index (χ2n) is 5.40. The van der Waals surface area contributed by atoms with Crippen LogP contribution in [0.4, 0.5) is 11.5 Å². The summed E-state index contributed by atoms with van der Waals surface area (Å²) in [4.78, 5) is 4.42. The fraction of sp³-hybridized carbons (Fsp3) is 0.400. The van der Waals surface area contributed by atoms with Gasteiger partial charge in [0, 0.05) is 37.4 Å². The van der Waals surface area contributed by atoms with Crippen LogP contribution in [0.3, 0.4) is 0 Å². The van der Waals surface area contributed by atoms with Gasteiger partial charge in [0.05, 0.1) is 6.20 Å². The van der Waals surface area contributed by atoms with E-state index < -0.39 is 0 Å². The number of nitrogens with zero attached hydrogens (tertiary/aromatic N) is 3. The number of H-pyrrole nitrogens is 1. The minimum absolute atomic E-state index is 0.362. The van der Waals surface area contributed by atoms with Gasteiger partial charge in [-0.2, -0.15) is 5.10 Å². The van der Waals surface area contributed by atoms with Crippen LogP contribution in [0.5, 0.6) is 0 Å². The van der Waals surface area contributed by atoms with Gasteiger partial charge in [0.15, 0.2) is 0 Å². The fourth-order valence-corrected chi connectivity index (χ4v) is 2.73. The monoisotopic (exact) mass is 287 g/mol. The maximum Gasteiger partial charge on any atom is 0.126 e. The first-order chi connectivity index (χ1) is 10.1. The molecule has 6 nitrogen and oxygen atoms in total. The molecule has 0 spiro atoms. The average Bonchev–Trinajstić information content (AvgIpc) is 2.94. The third kappa shape index (κ3) is 2.86. The van der Waals surface area contributed by atoms with Gasteiger partial charge in [-0.05, 0) is 24.6 Å². The van der Waals surface area contributed by atoms with Crippen LogP contribution in [-0.2, 0) is 0 Å². The highest BCUT2D eigenvalue weighted by atomic mass is 16.3. The molecule has 2 aromatic rings. The number of piperazine rings is 1. The molecule has 0 bridgehead atoms. The van der Waals surface area contributed by atoms with Crippen LogP contribution in [0.1, 0.15) is 6.92 Å². The van der Waals surface area contributed by atoms with E-state index >= 15 is 0 Å². The van der Waals surface area contributed by atoms with E-state index in [9.17, 15) is 5.11 Å². The molecule has 1 aromatic carbocycles. The summed E-state index contributed by atoms with van der Waals surface area (Å²) < 4.78 is 0. The summed E-state index contributed by atoms with van der Waals surface area (Å²) in [6.07, 6.45) is 1.38. The molecule has 6 heteroatoms. The number of nitrogens with two attached hydrogens (primary N) is 1. The lowest BCUT2D eigenvalue weighted by atomic mass is 10.1. The van der Waals surface area contributed by atoms with E-state index in [2.05, 4.69) is 44.3 Å². The Hall–Kier alpha value is -2.05. The Labute approximate surface area is 124 Å². The van der Waals surface area contributed by atoms with E-state index in [-0.39, 0.29) is 6.23 Å². The number of aliphatic hydroxyl groups excluding tert-OH is 1. The number of hydrogen-bond donors (Lipinski definition) is 3. The zero-order valence-electron chi connectivity index (χ0n) is 12.2. The minimum Gasteiger partial charge on any atom is -0.384 e. The van der Waals surface area contributed by atoms with Crippen molar-refractivity contribution in [1.82, 2.24) is 15.1 Å². The molecule has 112 valence electrons. The summed E-state index contributed by atoms with van der Waals surface area (Å²) in [5.74, 6) is 0.591. The van der Waals surface area contributed by atoms with Crippen LogP contribution in [0.25, 0.3) is 11.1 Å². The van der Waals surface area contributed by atoms with Gasteiger partial charge in [-0.1, -0.05) is 12.1 Å². The Morgan fingerprint density at radius 2 is 1.86 bits per heavy atom. The van der Waals surface area contributed by atoms with E-state index in [4.69, 9.17) is 5.73 Å². The number of rotatable bonds is 3. The normalized spacial score (nSPS) is 17.9. The molecule has 1 aromatic heterocycles. The van der Waals surface area contributed by atoms with Gasteiger partial charge >= 0.3 is 0 Å². The molecule has 1 saturated heterocycles. The molecule has 1 atom stereocenters. The summed E-state index contributed by atoms with van der Waals surface area (Å²) in [7, 11) is 0. The largest absolute Gasteiger partial charge is 0.384 e. The minimum atomic E-state index is -0.362. The number of aromatic amines is 1. The van der Waals surface area contributed by atoms with Crippen molar-refractivity contribution in [2.45, 2.75) is 13.2 Å². The molecule has 1 unspecified atom stereocenters. The quantitative estimate of drug-likeness (QED) is 0.788. The van der Waals surface area contributed by atoms with Crippen LogP contribution in [0, 0.1) is 0 Å². The van der Waals surface area contributed by atoms with Crippen LogP contribution in [0.2, 0.25) is 0 Å². The van der Waals surface area contributed by atoms with Gasteiger partial charge in [0.25, 0.3) is 0 Å². The van der Waals surface area contributed by atoms with Gasteiger partial charge in [-0.3, -0.25) is 10.00 Å². The Bertz CT molecular complexity index is 584. The molecule has 1 aliphatic rings. The lowest BCUT2D eigenvalue weighted by Gasteiger charge is -2.37. The van der Waals surface area contributed by atoms with Gasteiger partial charge in [0.1, 0.15) is 12.0 Å². The predicted molar refractivity (Wildman–Crippen MR) is 83.9 cm³/mol. The third-order valence-electron chi connectivity index (χ3n) is 4.05. The molecule has 21 heavy (non-hydrogen) atoms. The topological polar surface area (TPSA) is 81.4 Å². The Balaban J connectivity index is 1.69. The summed E-state index contributed by atoms with van der Waals surface area (Å²) in [6.45, 7) is 5.44. The van der Waals surface area contributed by atoms with Crippen molar-refractivity contribution in [3.8, 4) is 11.1 Å². The zero-order valence-corrected chi connectivity index (χ0v) is 12.2. The first-order valence-electron chi connectivity index (χ1n) is 7.21. The van der Waals surface area contributed by atoms with Gasteiger partial charge in [0.2, 0.25) is 0 Å². The van der Waals surface area contributed by atoms with E-state index in [0.717, 1.165) is 37.3 Å². The van der Waals surface area contributed by atoms with Crippen molar-refractivity contribution < 1.29 is 5.11 Å². The number of aromatic nitrogens is 2. The fourth-order valence-electron chi connectivity index (χ4n) is 2.73. The van der Waals surface area contributed by atoms with E-state index in [1.807, 2.05) is 6.92 Å². The Morgan fingerprint density at radius 1 is 1.19 bits per heavy atom. The molecule has 0 amide bonds. The van der Waals surface area contributed by atoms with Gasteiger partial charge < -0.3 is 15.7 Å². The first kappa shape index (κ1) is 13.9. The molecule has 0 aliphatic carbocycles. The second-order valence-corrected chi connectivity index (χ2v) is 5.40. The maximum atomic E-state index is 9.59. The van der Waals surface area contributed by atoms with Crippen LogP contribution >= 0.6 is 0 Å². The summed E-state index contributed by atoms with van der Waals surface area (Å²) in [5, 5.41) is 16.3.